The van der Waals surface area contributed by atoms with Crippen LogP contribution in [0.5, 0.6) is 0 Å². The molecule has 0 bridgehead atoms. The second kappa shape index (κ2) is 9.56. The number of likely N-dealkylation sites (N-methyl/N-ethyl adjacent to an activating group) is 1. The molecule has 30 heavy (non-hydrogen) atoms. The van der Waals surface area contributed by atoms with E-state index in [1.165, 1.54) is 24.3 Å². The van der Waals surface area contributed by atoms with Gasteiger partial charge in [-0.25, -0.2) is 8.42 Å². The summed E-state index contributed by atoms with van der Waals surface area (Å²) >= 11 is 0. The van der Waals surface area contributed by atoms with Crippen molar-refractivity contribution in [1.29, 1.82) is 0 Å². The third-order valence-corrected chi connectivity index (χ3v) is 5.90. The highest BCUT2D eigenvalue weighted by molar-refractivity contribution is 7.92. The highest BCUT2D eigenvalue weighted by Gasteiger charge is 2.18. The van der Waals surface area contributed by atoms with E-state index in [-0.39, 0.29) is 16.8 Å². The number of anilines is 1. The fraction of sp³-hybridized carbons (Fsp3) is 0.174. The summed E-state index contributed by atoms with van der Waals surface area (Å²) in [6.07, 6.45) is 0. The maximum absolute atomic E-state index is 12.8. The van der Waals surface area contributed by atoms with Crippen molar-refractivity contribution in [2.24, 2.45) is 0 Å². The van der Waals surface area contributed by atoms with Crippen LogP contribution in [0.3, 0.4) is 0 Å². The first kappa shape index (κ1) is 21.5. The van der Waals surface area contributed by atoms with Crippen LogP contribution in [0.15, 0.2) is 89.8 Å². The van der Waals surface area contributed by atoms with Gasteiger partial charge in [0, 0.05) is 17.8 Å². The van der Waals surface area contributed by atoms with Crippen LogP contribution >= 0.6 is 0 Å². The molecule has 0 unspecified atom stereocenters. The number of nitrogens with zero attached hydrogens (tertiary/aromatic N) is 1. The number of carbonyl (C=O) groups is 1. The molecule has 1 amide bonds. The van der Waals surface area contributed by atoms with E-state index in [2.05, 4.69) is 10.0 Å². The number of amides is 1. The Balaban J connectivity index is 1.74. The molecule has 0 fully saturated rings. The minimum absolute atomic E-state index is 0.0933. The zero-order valence-corrected chi connectivity index (χ0v) is 17.8. The van der Waals surface area contributed by atoms with E-state index >= 15 is 0 Å². The van der Waals surface area contributed by atoms with Gasteiger partial charge in [0.15, 0.2) is 0 Å². The molecule has 0 saturated heterocycles. The van der Waals surface area contributed by atoms with Gasteiger partial charge in [-0.2, -0.15) is 0 Å². The van der Waals surface area contributed by atoms with Crippen LogP contribution < -0.4 is 10.0 Å². The summed E-state index contributed by atoms with van der Waals surface area (Å²) in [5.74, 6) is -0.259. The molecule has 0 aliphatic heterocycles. The molecule has 2 N–H and O–H groups in total. The van der Waals surface area contributed by atoms with E-state index in [1.54, 1.807) is 24.3 Å². The highest BCUT2D eigenvalue weighted by Crippen LogP contribution is 2.18. The zero-order valence-electron chi connectivity index (χ0n) is 16.9. The van der Waals surface area contributed by atoms with Gasteiger partial charge in [0.2, 0.25) is 0 Å². The Bertz CT molecular complexity index is 1070. The average molecular weight is 424 g/mol. The molecule has 156 valence electrons. The highest BCUT2D eigenvalue weighted by atomic mass is 32.2. The first-order valence-electron chi connectivity index (χ1n) is 9.53. The van der Waals surface area contributed by atoms with Crippen LogP contribution in [0, 0.1) is 0 Å². The first-order chi connectivity index (χ1) is 14.3. The van der Waals surface area contributed by atoms with Gasteiger partial charge in [0.25, 0.3) is 15.9 Å². The summed E-state index contributed by atoms with van der Waals surface area (Å²) in [4.78, 5) is 14.9. The SMILES string of the molecule is CN(C)C[C@H](NC(=O)c1ccc(S(=O)(=O)Nc2ccccc2)cc1)c1ccccc1. The van der Waals surface area contributed by atoms with Gasteiger partial charge in [0.1, 0.15) is 0 Å². The van der Waals surface area contributed by atoms with Crippen LogP contribution in [-0.4, -0.2) is 39.9 Å². The molecule has 7 heteroatoms. The molecule has 1 atom stereocenters. The topological polar surface area (TPSA) is 78.5 Å². The van der Waals surface area contributed by atoms with Crippen molar-refractivity contribution >= 4 is 21.6 Å². The van der Waals surface area contributed by atoms with E-state index in [9.17, 15) is 13.2 Å². The van der Waals surface area contributed by atoms with Gasteiger partial charge in [0.05, 0.1) is 10.9 Å². The Hall–Kier alpha value is -3.16. The Labute approximate surface area is 177 Å². The molecule has 3 aromatic carbocycles. The molecule has 0 aromatic heterocycles. The lowest BCUT2D eigenvalue weighted by atomic mass is 10.1. The molecule has 0 aliphatic carbocycles. The van der Waals surface area contributed by atoms with Gasteiger partial charge < -0.3 is 10.2 Å². The molecule has 0 saturated carbocycles. The van der Waals surface area contributed by atoms with Crippen LogP contribution in [-0.2, 0) is 10.0 Å². The molecule has 0 heterocycles. The molecule has 3 aromatic rings. The molecular weight excluding hydrogens is 398 g/mol. The van der Waals surface area contributed by atoms with Crippen molar-refractivity contribution in [3.63, 3.8) is 0 Å². The Morgan fingerprint density at radius 3 is 2.00 bits per heavy atom. The van der Waals surface area contributed by atoms with Crippen LogP contribution in [0.2, 0.25) is 0 Å². The number of nitrogens with one attached hydrogen (secondary N) is 2. The van der Waals surface area contributed by atoms with Crippen molar-refractivity contribution in [2.75, 3.05) is 25.4 Å². The molecule has 0 spiro atoms. The van der Waals surface area contributed by atoms with Gasteiger partial charge in [-0.05, 0) is 56.1 Å². The number of hydrogen-bond donors (Lipinski definition) is 2. The average Bonchev–Trinajstić information content (AvgIpc) is 2.74. The number of sulfonamides is 1. The predicted octanol–water partition coefficient (Wildman–Crippen LogP) is 3.52. The molecular formula is C23H25N3O3S. The maximum atomic E-state index is 12.8. The lowest BCUT2D eigenvalue weighted by molar-refractivity contribution is 0.0930. The fourth-order valence-corrected chi connectivity index (χ4v) is 4.09. The van der Waals surface area contributed by atoms with E-state index in [0.717, 1.165) is 5.56 Å². The van der Waals surface area contributed by atoms with Crippen molar-refractivity contribution < 1.29 is 13.2 Å². The van der Waals surface area contributed by atoms with E-state index < -0.39 is 10.0 Å². The lowest BCUT2D eigenvalue weighted by Gasteiger charge is -2.23. The molecule has 0 aliphatic rings. The van der Waals surface area contributed by atoms with Crippen LogP contribution in [0.4, 0.5) is 5.69 Å². The predicted molar refractivity (Wildman–Crippen MR) is 119 cm³/mol. The molecule has 6 nitrogen and oxygen atoms in total. The van der Waals surface area contributed by atoms with Gasteiger partial charge >= 0.3 is 0 Å². The molecule has 3 rings (SSSR count). The van der Waals surface area contributed by atoms with Crippen molar-refractivity contribution in [1.82, 2.24) is 10.2 Å². The normalized spacial score (nSPS) is 12.4. The summed E-state index contributed by atoms with van der Waals surface area (Å²) in [5.41, 5.74) is 1.88. The zero-order chi connectivity index (χ0) is 21.6. The van der Waals surface area contributed by atoms with E-state index in [4.69, 9.17) is 0 Å². The smallest absolute Gasteiger partial charge is 0.261 e. The Kier molecular flexibility index (Phi) is 6.87. The number of hydrogen-bond acceptors (Lipinski definition) is 4. The monoisotopic (exact) mass is 423 g/mol. The molecule has 0 radical (unpaired) electrons. The van der Waals surface area contributed by atoms with Crippen LogP contribution in [0.1, 0.15) is 22.0 Å². The minimum atomic E-state index is -3.73. The maximum Gasteiger partial charge on any atom is 0.261 e. The largest absolute Gasteiger partial charge is 0.344 e. The first-order valence-corrected chi connectivity index (χ1v) is 11.0. The van der Waals surface area contributed by atoms with Gasteiger partial charge in [-0.1, -0.05) is 48.5 Å². The van der Waals surface area contributed by atoms with E-state index in [1.807, 2.05) is 55.4 Å². The lowest BCUT2D eigenvalue weighted by Crippen LogP contribution is -2.35. The van der Waals surface area contributed by atoms with Crippen LogP contribution in [0.25, 0.3) is 0 Å². The van der Waals surface area contributed by atoms with Gasteiger partial charge in [-0.3, -0.25) is 9.52 Å². The second-order valence-corrected chi connectivity index (χ2v) is 8.88. The third-order valence-electron chi connectivity index (χ3n) is 4.51. The fourth-order valence-electron chi connectivity index (χ4n) is 3.03. The van der Waals surface area contributed by atoms with Crippen molar-refractivity contribution in [2.45, 2.75) is 10.9 Å². The standard InChI is InChI=1S/C23H25N3O3S/c1-26(2)17-22(18-9-5-3-6-10-18)24-23(27)19-13-15-21(16-14-19)30(28,29)25-20-11-7-4-8-12-20/h3-16,22,25H,17H2,1-2H3,(H,24,27)/t22-/m0/s1. The minimum Gasteiger partial charge on any atom is -0.344 e. The number of benzene rings is 3. The second-order valence-electron chi connectivity index (χ2n) is 7.19. The summed E-state index contributed by atoms with van der Waals surface area (Å²) in [6.45, 7) is 0.642. The van der Waals surface area contributed by atoms with Crippen molar-refractivity contribution in [3.8, 4) is 0 Å². The quantitative estimate of drug-likeness (QED) is 0.581. The summed E-state index contributed by atoms with van der Waals surface area (Å²) in [5, 5.41) is 3.03. The number of rotatable bonds is 8. The summed E-state index contributed by atoms with van der Waals surface area (Å²) in [6, 6.07) is 24.1. The number of para-hydroxylation sites is 1. The summed E-state index contributed by atoms with van der Waals surface area (Å²) in [7, 11) is 0.166. The number of carbonyl (C=O) groups excluding carboxylic acids is 1. The van der Waals surface area contributed by atoms with E-state index in [0.29, 0.717) is 17.8 Å². The summed E-state index contributed by atoms with van der Waals surface area (Å²) < 4.78 is 27.6. The third kappa shape index (κ3) is 5.68. The Morgan fingerprint density at radius 1 is 0.867 bits per heavy atom. The van der Waals surface area contributed by atoms with Gasteiger partial charge in [-0.15, -0.1) is 0 Å². The Morgan fingerprint density at radius 2 is 1.43 bits per heavy atom. The van der Waals surface area contributed by atoms with Crippen molar-refractivity contribution in [3.05, 3.63) is 96.1 Å².